The molecule has 2 rings (SSSR count). The average Bonchev–Trinajstić information content (AvgIpc) is 2.99. The molecule has 1 atom stereocenters. The lowest BCUT2D eigenvalue weighted by Gasteiger charge is -2.31. The van der Waals surface area contributed by atoms with E-state index in [1.807, 2.05) is 0 Å². The van der Waals surface area contributed by atoms with Crippen LogP contribution < -0.4 is 10.6 Å². The van der Waals surface area contributed by atoms with Crippen LogP contribution in [-0.4, -0.2) is 66.4 Å². The Bertz CT molecular complexity index is 454. The van der Waals surface area contributed by atoms with Gasteiger partial charge in [0.2, 0.25) is 10.1 Å². The van der Waals surface area contributed by atoms with E-state index >= 15 is 0 Å². The van der Waals surface area contributed by atoms with Crippen LogP contribution in [0.4, 0.5) is 5.13 Å². The summed E-state index contributed by atoms with van der Waals surface area (Å²) < 4.78 is 5.65. The summed E-state index contributed by atoms with van der Waals surface area (Å²) in [6.07, 6.45) is 1.06. The van der Waals surface area contributed by atoms with E-state index in [2.05, 4.69) is 39.6 Å². The van der Waals surface area contributed by atoms with Gasteiger partial charge in [-0.25, -0.2) is 0 Å². The number of hydrogen-bond donors (Lipinski definition) is 2. The van der Waals surface area contributed by atoms with Gasteiger partial charge in [0.1, 0.15) is 0 Å². The molecule has 1 aliphatic rings. The average molecular weight is 313 g/mol. The van der Waals surface area contributed by atoms with E-state index in [4.69, 9.17) is 4.74 Å². The number of carbonyl (C=O) groups is 1. The van der Waals surface area contributed by atoms with Crippen LogP contribution in [0.5, 0.6) is 0 Å². The third-order valence-electron chi connectivity index (χ3n) is 3.31. The quantitative estimate of drug-likeness (QED) is 0.775. The predicted octanol–water partition coefficient (Wildman–Crippen LogP) is 0.810. The van der Waals surface area contributed by atoms with Crippen LogP contribution in [0.2, 0.25) is 0 Å². The van der Waals surface area contributed by atoms with E-state index in [1.54, 1.807) is 0 Å². The fourth-order valence-electron chi connectivity index (χ4n) is 2.09. The monoisotopic (exact) mass is 313 g/mol. The third kappa shape index (κ3) is 4.90. The van der Waals surface area contributed by atoms with Crippen LogP contribution in [0.25, 0.3) is 0 Å². The van der Waals surface area contributed by atoms with Gasteiger partial charge in [-0.1, -0.05) is 25.2 Å². The zero-order chi connectivity index (χ0) is 15.1. The summed E-state index contributed by atoms with van der Waals surface area (Å²) in [6.45, 7) is 9.10. The summed E-state index contributed by atoms with van der Waals surface area (Å²) in [4.78, 5) is 14.3. The second-order valence-corrected chi connectivity index (χ2v) is 5.91. The molecule has 1 amide bonds. The lowest BCUT2D eigenvalue weighted by Crippen LogP contribution is -2.47. The molecule has 1 unspecified atom stereocenters. The highest BCUT2D eigenvalue weighted by Crippen LogP contribution is 2.15. The van der Waals surface area contributed by atoms with Gasteiger partial charge in [0.05, 0.1) is 12.7 Å². The molecule has 0 aromatic carbocycles. The molecule has 2 heterocycles. The predicted molar refractivity (Wildman–Crippen MR) is 82.9 cm³/mol. The molecule has 0 bridgehead atoms. The highest BCUT2D eigenvalue weighted by molar-refractivity contribution is 7.17. The zero-order valence-corrected chi connectivity index (χ0v) is 13.4. The van der Waals surface area contributed by atoms with Crippen molar-refractivity contribution in [3.8, 4) is 0 Å². The molecule has 7 nitrogen and oxygen atoms in total. The standard InChI is InChI=1S/C13H23N5O2S/c1-3-5-14-13-17-16-12(21-13)11(19)15-8-10-9-18(4-2)6-7-20-10/h10H,3-9H2,1-2H3,(H,14,17)(H,15,19). The maximum absolute atomic E-state index is 12.0. The number of hydrogen-bond acceptors (Lipinski definition) is 7. The van der Waals surface area contributed by atoms with Crippen LogP contribution in [0.15, 0.2) is 0 Å². The van der Waals surface area contributed by atoms with Gasteiger partial charge in [0, 0.05) is 26.2 Å². The van der Waals surface area contributed by atoms with Gasteiger partial charge in [-0.05, 0) is 13.0 Å². The van der Waals surface area contributed by atoms with Gasteiger partial charge in [0.25, 0.3) is 5.91 Å². The maximum Gasteiger partial charge on any atom is 0.282 e. The van der Waals surface area contributed by atoms with E-state index in [1.165, 1.54) is 11.3 Å². The molecule has 1 aliphatic heterocycles. The molecular formula is C13H23N5O2S. The minimum atomic E-state index is -0.186. The summed E-state index contributed by atoms with van der Waals surface area (Å²) >= 11 is 1.28. The summed E-state index contributed by atoms with van der Waals surface area (Å²) in [5.41, 5.74) is 0. The zero-order valence-electron chi connectivity index (χ0n) is 12.6. The summed E-state index contributed by atoms with van der Waals surface area (Å²) in [6, 6.07) is 0. The summed E-state index contributed by atoms with van der Waals surface area (Å²) in [5.74, 6) is -0.186. The molecule has 1 fully saturated rings. The number of likely N-dealkylation sites (N-methyl/N-ethyl adjacent to an activating group) is 1. The van der Waals surface area contributed by atoms with Crippen molar-refractivity contribution in [2.75, 3.05) is 44.6 Å². The molecular weight excluding hydrogens is 290 g/mol. The lowest BCUT2D eigenvalue weighted by molar-refractivity contribution is -0.0246. The topological polar surface area (TPSA) is 79.4 Å². The first-order valence-electron chi connectivity index (χ1n) is 7.42. The second-order valence-electron chi connectivity index (χ2n) is 4.94. The first-order chi connectivity index (χ1) is 10.2. The highest BCUT2D eigenvalue weighted by atomic mass is 32.1. The van der Waals surface area contributed by atoms with Crippen molar-refractivity contribution in [1.82, 2.24) is 20.4 Å². The van der Waals surface area contributed by atoms with Crippen molar-refractivity contribution in [1.29, 1.82) is 0 Å². The number of aromatic nitrogens is 2. The number of nitrogens with one attached hydrogen (secondary N) is 2. The Hall–Kier alpha value is -1.25. The van der Waals surface area contributed by atoms with Crippen molar-refractivity contribution in [2.24, 2.45) is 0 Å². The second kappa shape index (κ2) is 8.26. The minimum Gasteiger partial charge on any atom is -0.374 e. The molecule has 0 radical (unpaired) electrons. The fourth-order valence-corrected chi connectivity index (χ4v) is 2.78. The van der Waals surface area contributed by atoms with Crippen LogP contribution in [0, 0.1) is 0 Å². The van der Waals surface area contributed by atoms with E-state index in [-0.39, 0.29) is 12.0 Å². The minimum absolute atomic E-state index is 0.0493. The molecule has 0 saturated carbocycles. The van der Waals surface area contributed by atoms with Crippen LogP contribution in [0.1, 0.15) is 30.1 Å². The first-order valence-corrected chi connectivity index (χ1v) is 8.24. The molecule has 0 aliphatic carbocycles. The smallest absolute Gasteiger partial charge is 0.282 e. The number of carbonyl (C=O) groups excluding carboxylic acids is 1. The number of amides is 1. The van der Waals surface area contributed by atoms with Crippen LogP contribution in [0.3, 0.4) is 0 Å². The van der Waals surface area contributed by atoms with Gasteiger partial charge in [-0.15, -0.1) is 10.2 Å². The van der Waals surface area contributed by atoms with Crippen molar-refractivity contribution < 1.29 is 9.53 Å². The van der Waals surface area contributed by atoms with Crippen LogP contribution >= 0.6 is 11.3 Å². The SMILES string of the molecule is CCCNc1nnc(C(=O)NCC2CN(CC)CCO2)s1. The normalized spacial score (nSPS) is 19.4. The number of anilines is 1. The maximum atomic E-state index is 12.0. The van der Waals surface area contributed by atoms with Crippen molar-refractivity contribution >= 4 is 22.4 Å². The molecule has 1 saturated heterocycles. The summed E-state index contributed by atoms with van der Waals surface area (Å²) in [7, 11) is 0. The Labute approximate surface area is 129 Å². The Morgan fingerprint density at radius 2 is 2.33 bits per heavy atom. The fraction of sp³-hybridized carbons (Fsp3) is 0.769. The number of rotatable bonds is 7. The van der Waals surface area contributed by atoms with Gasteiger partial charge < -0.3 is 15.4 Å². The largest absolute Gasteiger partial charge is 0.374 e. The first kappa shape index (κ1) is 16.1. The van der Waals surface area contributed by atoms with E-state index in [0.717, 1.165) is 39.2 Å². The number of morpholine rings is 1. The van der Waals surface area contributed by atoms with Crippen molar-refractivity contribution in [3.05, 3.63) is 5.01 Å². The lowest BCUT2D eigenvalue weighted by atomic mass is 10.2. The molecule has 21 heavy (non-hydrogen) atoms. The van der Waals surface area contributed by atoms with Gasteiger partial charge in [-0.3, -0.25) is 9.69 Å². The van der Waals surface area contributed by atoms with E-state index in [0.29, 0.717) is 16.7 Å². The molecule has 1 aromatic rings. The van der Waals surface area contributed by atoms with Crippen molar-refractivity contribution in [2.45, 2.75) is 26.4 Å². The van der Waals surface area contributed by atoms with E-state index < -0.39 is 0 Å². The Morgan fingerprint density at radius 1 is 1.48 bits per heavy atom. The van der Waals surface area contributed by atoms with Gasteiger partial charge in [0.15, 0.2) is 0 Å². The molecule has 0 spiro atoms. The van der Waals surface area contributed by atoms with Crippen molar-refractivity contribution in [3.63, 3.8) is 0 Å². The van der Waals surface area contributed by atoms with Gasteiger partial charge >= 0.3 is 0 Å². The Morgan fingerprint density at radius 3 is 3.10 bits per heavy atom. The molecule has 8 heteroatoms. The number of ether oxygens (including phenoxy) is 1. The Balaban J connectivity index is 1.77. The van der Waals surface area contributed by atoms with Gasteiger partial charge in [-0.2, -0.15) is 0 Å². The highest BCUT2D eigenvalue weighted by Gasteiger charge is 2.21. The van der Waals surface area contributed by atoms with E-state index in [9.17, 15) is 4.79 Å². The van der Waals surface area contributed by atoms with Crippen LogP contribution in [-0.2, 0) is 4.74 Å². The summed E-state index contributed by atoms with van der Waals surface area (Å²) in [5, 5.41) is 14.9. The number of nitrogens with zero attached hydrogens (tertiary/aromatic N) is 3. The Kier molecular flexibility index (Phi) is 6.34. The molecule has 2 N–H and O–H groups in total. The molecule has 118 valence electrons. The molecule has 1 aromatic heterocycles. The third-order valence-corrected chi connectivity index (χ3v) is 4.19.